The maximum atomic E-state index is 5.94. The summed E-state index contributed by atoms with van der Waals surface area (Å²) >= 11 is 0. The van der Waals surface area contributed by atoms with E-state index >= 15 is 0 Å². The first-order valence-electron chi connectivity index (χ1n) is 7.50. The first kappa shape index (κ1) is 14.0. The summed E-state index contributed by atoms with van der Waals surface area (Å²) < 4.78 is 7.86. The first-order chi connectivity index (χ1) is 10.3. The number of aromatic nitrogens is 4. The minimum Gasteiger partial charge on any atom is -0.374 e. The number of aryl methyl sites for hydroxylation is 1. The summed E-state index contributed by atoms with van der Waals surface area (Å²) in [6, 6.07) is 4.02. The van der Waals surface area contributed by atoms with Crippen molar-refractivity contribution in [2.75, 3.05) is 24.6 Å². The van der Waals surface area contributed by atoms with Gasteiger partial charge in [-0.15, -0.1) is 0 Å². The fourth-order valence-electron chi connectivity index (χ4n) is 2.58. The van der Waals surface area contributed by atoms with Crippen LogP contribution in [0.15, 0.2) is 30.9 Å². The molecule has 1 saturated heterocycles. The Morgan fingerprint density at radius 2 is 2.33 bits per heavy atom. The largest absolute Gasteiger partial charge is 0.374 e. The van der Waals surface area contributed by atoms with Gasteiger partial charge in [0.15, 0.2) is 0 Å². The first-order valence-corrected chi connectivity index (χ1v) is 7.50. The Balaban J connectivity index is 1.72. The van der Waals surface area contributed by atoms with Crippen LogP contribution in [0.2, 0.25) is 0 Å². The molecule has 0 aliphatic carbocycles. The van der Waals surface area contributed by atoms with Gasteiger partial charge in [-0.25, -0.2) is 9.97 Å². The monoisotopic (exact) mass is 287 g/mol. The summed E-state index contributed by atoms with van der Waals surface area (Å²) in [7, 11) is 0. The van der Waals surface area contributed by atoms with E-state index in [1.165, 1.54) is 0 Å². The summed E-state index contributed by atoms with van der Waals surface area (Å²) in [4.78, 5) is 11.0. The maximum Gasteiger partial charge on any atom is 0.132 e. The fraction of sp³-hybridized carbons (Fsp3) is 0.533. The van der Waals surface area contributed by atoms with Crippen LogP contribution in [-0.2, 0) is 17.7 Å². The van der Waals surface area contributed by atoms with Crippen molar-refractivity contribution in [3.63, 3.8) is 0 Å². The van der Waals surface area contributed by atoms with Crippen LogP contribution in [-0.4, -0.2) is 45.5 Å². The predicted octanol–water partition coefficient (Wildman–Crippen LogP) is 1.53. The SMILES string of the molecule is CCc1cc(N2CCCO[C@H](Cn3cccn3)C2)ncn1. The van der Waals surface area contributed by atoms with Crippen LogP contribution in [0.1, 0.15) is 19.0 Å². The van der Waals surface area contributed by atoms with Gasteiger partial charge in [-0.1, -0.05) is 6.92 Å². The zero-order chi connectivity index (χ0) is 14.5. The van der Waals surface area contributed by atoms with Crippen LogP contribution in [0, 0.1) is 0 Å². The lowest BCUT2D eigenvalue weighted by molar-refractivity contribution is 0.0543. The predicted molar refractivity (Wildman–Crippen MR) is 80.2 cm³/mol. The second-order valence-electron chi connectivity index (χ2n) is 5.24. The molecule has 0 spiro atoms. The van der Waals surface area contributed by atoms with Gasteiger partial charge in [0.05, 0.1) is 12.6 Å². The molecule has 1 fully saturated rings. The maximum absolute atomic E-state index is 5.94. The summed E-state index contributed by atoms with van der Waals surface area (Å²) in [6.45, 7) is 5.47. The number of ether oxygens (including phenoxy) is 1. The lowest BCUT2D eigenvalue weighted by atomic mass is 10.2. The molecule has 2 aromatic heterocycles. The third kappa shape index (κ3) is 3.58. The third-order valence-corrected chi connectivity index (χ3v) is 3.70. The molecule has 1 atom stereocenters. The van der Waals surface area contributed by atoms with Crippen LogP contribution < -0.4 is 4.90 Å². The Hall–Kier alpha value is -1.95. The van der Waals surface area contributed by atoms with E-state index in [9.17, 15) is 0 Å². The third-order valence-electron chi connectivity index (χ3n) is 3.70. The quantitative estimate of drug-likeness (QED) is 0.853. The number of nitrogens with zero attached hydrogens (tertiary/aromatic N) is 5. The van der Waals surface area contributed by atoms with Gasteiger partial charge in [-0.2, -0.15) is 5.10 Å². The van der Waals surface area contributed by atoms with Crippen molar-refractivity contribution < 1.29 is 4.74 Å². The van der Waals surface area contributed by atoms with Gasteiger partial charge in [0.1, 0.15) is 12.1 Å². The Morgan fingerprint density at radius 3 is 3.14 bits per heavy atom. The molecule has 0 aromatic carbocycles. The van der Waals surface area contributed by atoms with E-state index in [1.807, 2.05) is 16.9 Å². The molecule has 112 valence electrons. The fourth-order valence-corrected chi connectivity index (χ4v) is 2.58. The summed E-state index contributed by atoms with van der Waals surface area (Å²) in [5.74, 6) is 0.998. The summed E-state index contributed by atoms with van der Waals surface area (Å²) in [5.41, 5.74) is 1.08. The van der Waals surface area contributed by atoms with Crippen LogP contribution in [0.5, 0.6) is 0 Å². The topological polar surface area (TPSA) is 56.1 Å². The minimum absolute atomic E-state index is 0.132. The highest BCUT2D eigenvalue weighted by Gasteiger charge is 2.20. The van der Waals surface area contributed by atoms with Gasteiger partial charge in [0.2, 0.25) is 0 Å². The Morgan fingerprint density at radius 1 is 1.38 bits per heavy atom. The molecule has 21 heavy (non-hydrogen) atoms. The second kappa shape index (κ2) is 6.67. The van der Waals surface area contributed by atoms with Crippen molar-refractivity contribution in [2.24, 2.45) is 0 Å². The lowest BCUT2D eigenvalue weighted by Crippen LogP contribution is -2.35. The van der Waals surface area contributed by atoms with Crippen molar-refractivity contribution in [3.8, 4) is 0 Å². The molecule has 1 aliphatic rings. The normalized spacial score (nSPS) is 19.5. The highest BCUT2D eigenvalue weighted by Crippen LogP contribution is 2.16. The van der Waals surface area contributed by atoms with Crippen molar-refractivity contribution in [1.29, 1.82) is 0 Å². The molecule has 0 saturated carbocycles. The average molecular weight is 287 g/mol. The zero-order valence-electron chi connectivity index (χ0n) is 12.4. The molecule has 0 N–H and O–H groups in total. The Labute approximate surface area is 124 Å². The summed E-state index contributed by atoms with van der Waals surface area (Å²) in [6.07, 6.45) is 7.50. The average Bonchev–Trinajstić information content (AvgIpc) is 2.91. The minimum atomic E-state index is 0.132. The second-order valence-corrected chi connectivity index (χ2v) is 5.24. The van der Waals surface area contributed by atoms with Gasteiger partial charge >= 0.3 is 0 Å². The Bertz CT molecular complexity index is 557. The molecule has 0 amide bonds. The van der Waals surface area contributed by atoms with Crippen LogP contribution in [0.3, 0.4) is 0 Å². The summed E-state index contributed by atoms with van der Waals surface area (Å²) in [5, 5.41) is 4.26. The number of rotatable bonds is 4. The van der Waals surface area contributed by atoms with E-state index < -0.39 is 0 Å². The van der Waals surface area contributed by atoms with Crippen molar-refractivity contribution in [3.05, 3.63) is 36.5 Å². The molecular formula is C15H21N5O. The molecule has 0 radical (unpaired) electrons. The van der Waals surface area contributed by atoms with Crippen LogP contribution in [0.4, 0.5) is 5.82 Å². The van der Waals surface area contributed by atoms with Crippen LogP contribution in [0.25, 0.3) is 0 Å². The van der Waals surface area contributed by atoms with Gasteiger partial charge in [-0.3, -0.25) is 4.68 Å². The van der Waals surface area contributed by atoms with E-state index in [4.69, 9.17) is 4.74 Å². The van der Waals surface area contributed by atoms with E-state index in [0.717, 1.165) is 50.6 Å². The smallest absolute Gasteiger partial charge is 0.132 e. The van der Waals surface area contributed by atoms with Gasteiger partial charge in [0, 0.05) is 43.9 Å². The highest BCUT2D eigenvalue weighted by atomic mass is 16.5. The lowest BCUT2D eigenvalue weighted by Gasteiger charge is -2.25. The van der Waals surface area contributed by atoms with E-state index in [0.29, 0.717) is 0 Å². The molecule has 3 heterocycles. The molecule has 1 aliphatic heterocycles. The highest BCUT2D eigenvalue weighted by molar-refractivity contribution is 5.39. The van der Waals surface area contributed by atoms with Crippen molar-refractivity contribution in [1.82, 2.24) is 19.7 Å². The van der Waals surface area contributed by atoms with E-state index in [1.54, 1.807) is 12.5 Å². The molecule has 6 heteroatoms. The zero-order valence-corrected chi connectivity index (χ0v) is 12.4. The van der Waals surface area contributed by atoms with E-state index in [2.05, 4.69) is 33.0 Å². The number of hydrogen-bond acceptors (Lipinski definition) is 5. The molecule has 0 bridgehead atoms. The standard InChI is InChI=1S/C15H21N5O/c1-2-13-9-15(17-12-16-13)19-6-4-8-21-14(10-19)11-20-7-3-5-18-20/h3,5,7,9,12,14H,2,4,6,8,10-11H2,1H3/t14-/m0/s1. The van der Waals surface area contributed by atoms with Crippen molar-refractivity contribution in [2.45, 2.75) is 32.4 Å². The molecule has 6 nitrogen and oxygen atoms in total. The number of hydrogen-bond donors (Lipinski definition) is 0. The number of anilines is 1. The van der Waals surface area contributed by atoms with Gasteiger partial charge in [0.25, 0.3) is 0 Å². The molecular weight excluding hydrogens is 266 g/mol. The Kier molecular flexibility index (Phi) is 4.45. The molecule has 2 aromatic rings. The van der Waals surface area contributed by atoms with Gasteiger partial charge in [-0.05, 0) is 18.9 Å². The van der Waals surface area contributed by atoms with E-state index in [-0.39, 0.29) is 6.10 Å². The van der Waals surface area contributed by atoms with Crippen molar-refractivity contribution >= 4 is 5.82 Å². The van der Waals surface area contributed by atoms with Gasteiger partial charge < -0.3 is 9.64 Å². The van der Waals surface area contributed by atoms with Crippen LogP contribution >= 0.6 is 0 Å². The molecule has 0 unspecified atom stereocenters. The molecule has 3 rings (SSSR count).